The van der Waals surface area contributed by atoms with Crippen molar-refractivity contribution in [3.8, 4) is 0 Å². The Bertz CT molecular complexity index is 820. The van der Waals surface area contributed by atoms with Gasteiger partial charge in [-0.25, -0.2) is 23.1 Å². The van der Waals surface area contributed by atoms with E-state index in [1.54, 1.807) is 12.1 Å². The molecule has 0 aliphatic carbocycles. The molecule has 2 aromatic rings. The number of nitrogens with two attached hydrogens (primary N) is 1. The largest absolute Gasteiger partial charge is 0.399 e. The summed E-state index contributed by atoms with van der Waals surface area (Å²) in [6, 6.07) is 7.95. The highest BCUT2D eigenvalue weighted by atomic mass is 32.2. The van der Waals surface area contributed by atoms with Crippen molar-refractivity contribution >= 4 is 21.7 Å². The van der Waals surface area contributed by atoms with E-state index in [1.165, 1.54) is 50.7 Å². The van der Waals surface area contributed by atoms with E-state index in [4.69, 9.17) is 5.73 Å². The van der Waals surface area contributed by atoms with Crippen LogP contribution in [0.2, 0.25) is 0 Å². The summed E-state index contributed by atoms with van der Waals surface area (Å²) in [6.45, 7) is 4.06. The van der Waals surface area contributed by atoms with E-state index in [-0.39, 0.29) is 10.8 Å². The third-order valence-corrected chi connectivity index (χ3v) is 5.70. The van der Waals surface area contributed by atoms with Crippen molar-refractivity contribution in [2.75, 3.05) is 10.5 Å². The van der Waals surface area contributed by atoms with Crippen molar-refractivity contribution in [2.45, 2.75) is 70.1 Å². The fraction of sp³-hybridized carbons (Fsp3) is 0.500. The molecule has 6 nitrogen and oxygen atoms in total. The van der Waals surface area contributed by atoms with Gasteiger partial charge in [-0.3, -0.25) is 0 Å². The molecule has 148 valence electrons. The maximum atomic E-state index is 12.5. The van der Waals surface area contributed by atoms with Gasteiger partial charge in [0.2, 0.25) is 5.95 Å². The molecule has 0 unspecified atom stereocenters. The number of hydrogen-bond donors (Lipinski definition) is 2. The number of rotatable bonds is 11. The summed E-state index contributed by atoms with van der Waals surface area (Å²) in [4.78, 5) is 8.73. The number of benzene rings is 1. The molecule has 0 fully saturated rings. The van der Waals surface area contributed by atoms with E-state index in [0.717, 1.165) is 24.2 Å². The lowest BCUT2D eigenvalue weighted by molar-refractivity contribution is 0.587. The molecule has 3 N–H and O–H groups in total. The van der Waals surface area contributed by atoms with Crippen LogP contribution in [-0.2, 0) is 16.4 Å². The summed E-state index contributed by atoms with van der Waals surface area (Å²) in [5.74, 6) is 0.116. The fourth-order valence-electron chi connectivity index (χ4n) is 2.90. The van der Waals surface area contributed by atoms with Crippen LogP contribution in [0.1, 0.15) is 63.3 Å². The van der Waals surface area contributed by atoms with E-state index < -0.39 is 10.0 Å². The first-order valence-electron chi connectivity index (χ1n) is 9.63. The lowest BCUT2D eigenvalue weighted by Crippen LogP contribution is -2.16. The number of anilines is 2. The molecule has 0 bridgehead atoms. The van der Waals surface area contributed by atoms with Crippen LogP contribution in [0.3, 0.4) is 0 Å². The molecule has 0 aliphatic rings. The van der Waals surface area contributed by atoms with Crippen LogP contribution in [0.5, 0.6) is 0 Å². The van der Waals surface area contributed by atoms with Gasteiger partial charge in [0.05, 0.1) is 4.90 Å². The van der Waals surface area contributed by atoms with E-state index in [9.17, 15) is 8.42 Å². The van der Waals surface area contributed by atoms with Crippen molar-refractivity contribution < 1.29 is 8.42 Å². The first kappa shape index (κ1) is 21.2. The predicted octanol–water partition coefficient (Wildman–Crippen LogP) is 4.46. The minimum atomic E-state index is -3.73. The average molecular weight is 391 g/mol. The molecular weight excluding hydrogens is 360 g/mol. The third-order valence-electron chi connectivity index (χ3n) is 4.36. The minimum absolute atomic E-state index is 0.116. The number of nitrogens with one attached hydrogen (secondary N) is 1. The molecule has 2 rings (SSSR count). The molecule has 0 amide bonds. The normalized spacial score (nSPS) is 11.5. The van der Waals surface area contributed by atoms with E-state index >= 15 is 0 Å². The Morgan fingerprint density at radius 1 is 0.963 bits per heavy atom. The zero-order chi connectivity index (χ0) is 19.7. The van der Waals surface area contributed by atoms with Crippen LogP contribution >= 0.6 is 0 Å². The highest BCUT2D eigenvalue weighted by Gasteiger charge is 2.16. The van der Waals surface area contributed by atoms with Crippen LogP contribution in [-0.4, -0.2) is 18.4 Å². The Hall–Kier alpha value is -2.15. The highest BCUT2D eigenvalue weighted by molar-refractivity contribution is 7.92. The number of hydrogen-bond acceptors (Lipinski definition) is 5. The van der Waals surface area contributed by atoms with Crippen LogP contribution in [0.15, 0.2) is 35.2 Å². The van der Waals surface area contributed by atoms with Gasteiger partial charge >= 0.3 is 0 Å². The summed E-state index contributed by atoms with van der Waals surface area (Å²) in [6.07, 6.45) is 9.43. The van der Waals surface area contributed by atoms with Crippen molar-refractivity contribution in [1.29, 1.82) is 0 Å². The Morgan fingerprint density at radius 3 is 2.26 bits per heavy atom. The fourth-order valence-corrected chi connectivity index (χ4v) is 3.84. The Balaban J connectivity index is 1.95. The van der Waals surface area contributed by atoms with Gasteiger partial charge in [0.1, 0.15) is 0 Å². The molecule has 1 heterocycles. The minimum Gasteiger partial charge on any atom is -0.399 e. The van der Waals surface area contributed by atoms with Gasteiger partial charge in [-0.05, 0) is 50.1 Å². The van der Waals surface area contributed by atoms with Crippen molar-refractivity contribution in [3.05, 3.63) is 41.7 Å². The molecule has 0 saturated carbocycles. The lowest BCUT2D eigenvalue weighted by Gasteiger charge is -2.09. The van der Waals surface area contributed by atoms with Gasteiger partial charge in [0, 0.05) is 17.1 Å². The van der Waals surface area contributed by atoms with Gasteiger partial charge < -0.3 is 5.73 Å². The Morgan fingerprint density at radius 2 is 1.59 bits per heavy atom. The van der Waals surface area contributed by atoms with Gasteiger partial charge in [-0.2, -0.15) is 0 Å². The molecule has 1 aromatic heterocycles. The van der Waals surface area contributed by atoms with E-state index in [1.807, 2.05) is 13.0 Å². The summed E-state index contributed by atoms with van der Waals surface area (Å²) in [5.41, 5.74) is 7.74. The van der Waals surface area contributed by atoms with Gasteiger partial charge in [0.25, 0.3) is 10.0 Å². The molecule has 1 aromatic carbocycles. The quantitative estimate of drug-likeness (QED) is 0.436. The second-order valence-corrected chi connectivity index (χ2v) is 8.55. The number of nitrogen functional groups attached to an aromatic ring is 1. The number of aryl methyl sites for hydroxylation is 2. The molecule has 0 atom stereocenters. The van der Waals surface area contributed by atoms with Crippen molar-refractivity contribution in [3.63, 3.8) is 0 Å². The number of unbranched alkanes of at least 4 members (excludes halogenated alkanes) is 6. The van der Waals surface area contributed by atoms with Crippen LogP contribution in [0.25, 0.3) is 0 Å². The molecule has 0 aliphatic heterocycles. The van der Waals surface area contributed by atoms with Crippen LogP contribution in [0.4, 0.5) is 11.6 Å². The van der Waals surface area contributed by atoms with Crippen molar-refractivity contribution in [2.24, 2.45) is 0 Å². The summed E-state index contributed by atoms with van der Waals surface area (Å²) < 4.78 is 27.4. The van der Waals surface area contributed by atoms with E-state index in [0.29, 0.717) is 5.69 Å². The lowest BCUT2D eigenvalue weighted by atomic mass is 10.1. The van der Waals surface area contributed by atoms with E-state index in [2.05, 4.69) is 21.6 Å². The number of aromatic nitrogens is 2. The standard InChI is InChI=1S/C20H30N4O2S/c1-3-4-5-6-7-8-9-10-18-15-16(2)22-20(23-18)24-27(25,26)19-13-11-17(21)12-14-19/h11-15H,3-10,21H2,1-2H3,(H,22,23,24). The smallest absolute Gasteiger partial charge is 0.264 e. The molecule has 7 heteroatoms. The highest BCUT2D eigenvalue weighted by Crippen LogP contribution is 2.16. The summed E-state index contributed by atoms with van der Waals surface area (Å²) >= 11 is 0. The Labute approximate surface area is 162 Å². The zero-order valence-corrected chi connectivity index (χ0v) is 17.1. The molecule has 0 saturated heterocycles. The Kier molecular flexibility index (Phi) is 8.03. The van der Waals surface area contributed by atoms with Gasteiger partial charge in [-0.1, -0.05) is 45.4 Å². The zero-order valence-electron chi connectivity index (χ0n) is 16.2. The first-order valence-corrected chi connectivity index (χ1v) is 11.1. The topological polar surface area (TPSA) is 98.0 Å². The third kappa shape index (κ3) is 7.17. The molecule has 0 radical (unpaired) electrons. The SMILES string of the molecule is CCCCCCCCCc1cc(C)nc(NS(=O)(=O)c2ccc(N)cc2)n1. The van der Waals surface area contributed by atoms with Crippen LogP contribution in [0, 0.1) is 6.92 Å². The van der Waals surface area contributed by atoms with Crippen molar-refractivity contribution in [1.82, 2.24) is 9.97 Å². The predicted molar refractivity (Wildman–Crippen MR) is 110 cm³/mol. The van der Waals surface area contributed by atoms with Gasteiger partial charge in [0.15, 0.2) is 0 Å². The maximum absolute atomic E-state index is 12.5. The molecular formula is C20H30N4O2S. The molecule has 0 spiro atoms. The van der Waals surface area contributed by atoms with Crippen LogP contribution < -0.4 is 10.5 Å². The second-order valence-electron chi connectivity index (χ2n) is 6.87. The number of nitrogens with zero attached hydrogens (tertiary/aromatic N) is 2. The summed E-state index contributed by atoms with van der Waals surface area (Å²) in [7, 11) is -3.73. The van der Waals surface area contributed by atoms with Gasteiger partial charge in [-0.15, -0.1) is 0 Å². The number of sulfonamides is 1. The maximum Gasteiger partial charge on any atom is 0.264 e. The monoisotopic (exact) mass is 390 g/mol. The second kappa shape index (κ2) is 10.3. The molecule has 27 heavy (non-hydrogen) atoms. The summed E-state index contributed by atoms with van der Waals surface area (Å²) in [5, 5.41) is 0. The average Bonchev–Trinajstić information content (AvgIpc) is 2.60. The first-order chi connectivity index (χ1) is 12.9.